The zero-order chi connectivity index (χ0) is 11.8. The lowest BCUT2D eigenvalue weighted by molar-refractivity contribution is -0.112. The van der Waals surface area contributed by atoms with Crippen LogP contribution in [0.2, 0.25) is 0 Å². The monoisotopic (exact) mass is 224 g/mol. The van der Waals surface area contributed by atoms with Crippen LogP contribution < -0.4 is 11.5 Å². The SMILES string of the molecule is NC(=O)C1=NCC2(CCN(C(N)=O)CC2)C1. The molecule has 0 radical (unpaired) electrons. The number of nitrogens with two attached hydrogens (primary N) is 2. The molecule has 16 heavy (non-hydrogen) atoms. The number of carbonyl (C=O) groups excluding carboxylic acids is 2. The fourth-order valence-corrected chi connectivity index (χ4v) is 2.43. The van der Waals surface area contributed by atoms with Gasteiger partial charge in [-0.25, -0.2) is 4.79 Å². The highest BCUT2D eigenvalue weighted by Gasteiger charge is 2.40. The molecular formula is C10H16N4O2. The summed E-state index contributed by atoms with van der Waals surface area (Å²) in [6, 6.07) is -0.371. The van der Waals surface area contributed by atoms with Crippen molar-refractivity contribution in [3.63, 3.8) is 0 Å². The van der Waals surface area contributed by atoms with Gasteiger partial charge in [-0.15, -0.1) is 0 Å². The van der Waals surface area contributed by atoms with Crippen molar-refractivity contribution in [3.8, 4) is 0 Å². The van der Waals surface area contributed by atoms with E-state index in [1.165, 1.54) is 0 Å². The number of nitrogens with zero attached hydrogens (tertiary/aromatic N) is 2. The van der Waals surface area contributed by atoms with E-state index in [1.807, 2.05) is 0 Å². The van der Waals surface area contributed by atoms with E-state index < -0.39 is 5.91 Å². The summed E-state index contributed by atoms with van der Waals surface area (Å²) in [5.74, 6) is -0.422. The lowest BCUT2D eigenvalue weighted by Crippen LogP contribution is -2.46. The summed E-state index contributed by atoms with van der Waals surface area (Å²) in [7, 11) is 0. The molecule has 3 amide bonds. The summed E-state index contributed by atoms with van der Waals surface area (Å²) in [4.78, 5) is 27.8. The third-order valence-electron chi connectivity index (χ3n) is 3.57. The molecule has 2 rings (SSSR count). The maximum absolute atomic E-state index is 11.0. The molecule has 1 spiro atoms. The summed E-state index contributed by atoms with van der Waals surface area (Å²) >= 11 is 0. The Bertz CT molecular complexity index is 356. The molecule has 0 aliphatic carbocycles. The first-order valence-corrected chi connectivity index (χ1v) is 5.40. The zero-order valence-electron chi connectivity index (χ0n) is 9.11. The number of likely N-dealkylation sites (tertiary alicyclic amines) is 1. The molecule has 0 aromatic carbocycles. The van der Waals surface area contributed by atoms with Gasteiger partial charge in [0, 0.05) is 26.1 Å². The van der Waals surface area contributed by atoms with Crippen molar-refractivity contribution in [2.75, 3.05) is 19.6 Å². The summed E-state index contributed by atoms with van der Waals surface area (Å²) in [5.41, 5.74) is 11.0. The summed E-state index contributed by atoms with van der Waals surface area (Å²) in [6.45, 7) is 1.95. The highest BCUT2D eigenvalue weighted by Crippen LogP contribution is 2.39. The highest BCUT2D eigenvalue weighted by atomic mass is 16.2. The van der Waals surface area contributed by atoms with Crippen LogP contribution in [-0.4, -0.2) is 42.2 Å². The van der Waals surface area contributed by atoms with Gasteiger partial charge in [0.05, 0.1) is 5.71 Å². The van der Waals surface area contributed by atoms with Crippen molar-refractivity contribution < 1.29 is 9.59 Å². The number of urea groups is 1. The minimum absolute atomic E-state index is 0.0380. The first kappa shape index (κ1) is 10.9. The number of piperidine rings is 1. The smallest absolute Gasteiger partial charge is 0.314 e. The van der Waals surface area contributed by atoms with Gasteiger partial charge in [-0.3, -0.25) is 9.79 Å². The largest absolute Gasteiger partial charge is 0.365 e. The van der Waals surface area contributed by atoms with Crippen molar-refractivity contribution >= 4 is 17.6 Å². The van der Waals surface area contributed by atoms with Crippen LogP contribution in [-0.2, 0) is 4.79 Å². The van der Waals surface area contributed by atoms with E-state index in [0.29, 0.717) is 31.8 Å². The molecule has 2 heterocycles. The van der Waals surface area contributed by atoms with Gasteiger partial charge in [0.1, 0.15) is 0 Å². The van der Waals surface area contributed by atoms with Crippen molar-refractivity contribution in [2.24, 2.45) is 21.9 Å². The van der Waals surface area contributed by atoms with Gasteiger partial charge in [0.25, 0.3) is 5.91 Å². The Labute approximate surface area is 93.7 Å². The van der Waals surface area contributed by atoms with Crippen molar-refractivity contribution in [1.82, 2.24) is 4.90 Å². The van der Waals surface area contributed by atoms with Crippen molar-refractivity contribution in [2.45, 2.75) is 19.3 Å². The van der Waals surface area contributed by atoms with Gasteiger partial charge in [-0.05, 0) is 18.3 Å². The number of primary amides is 2. The molecule has 0 aromatic heterocycles. The number of hydrogen-bond acceptors (Lipinski definition) is 3. The van der Waals surface area contributed by atoms with Crippen LogP contribution in [0.5, 0.6) is 0 Å². The standard InChI is InChI=1S/C10H16N4O2/c11-8(15)7-5-10(6-13-7)1-3-14(4-2-10)9(12)16/h1-6H2,(H2,11,15)(H2,12,16). The van der Waals surface area contributed by atoms with Crippen LogP contribution in [0.4, 0.5) is 4.79 Å². The molecule has 1 saturated heterocycles. The van der Waals surface area contributed by atoms with E-state index in [2.05, 4.69) is 4.99 Å². The fraction of sp³-hybridized carbons (Fsp3) is 0.700. The van der Waals surface area contributed by atoms with Gasteiger partial charge in [-0.1, -0.05) is 0 Å². The third kappa shape index (κ3) is 1.87. The van der Waals surface area contributed by atoms with Gasteiger partial charge in [0.2, 0.25) is 0 Å². The summed E-state index contributed by atoms with van der Waals surface area (Å²) in [6.07, 6.45) is 2.33. The molecule has 6 heteroatoms. The van der Waals surface area contributed by atoms with Crippen LogP contribution >= 0.6 is 0 Å². The Balaban J connectivity index is 1.95. The highest BCUT2D eigenvalue weighted by molar-refractivity contribution is 6.38. The molecule has 88 valence electrons. The van der Waals surface area contributed by atoms with Crippen LogP contribution in [0.3, 0.4) is 0 Å². The van der Waals surface area contributed by atoms with Crippen LogP contribution in [0.1, 0.15) is 19.3 Å². The average molecular weight is 224 g/mol. The Morgan fingerprint density at radius 2 is 1.88 bits per heavy atom. The maximum Gasteiger partial charge on any atom is 0.314 e. The first-order valence-electron chi connectivity index (χ1n) is 5.40. The molecule has 4 N–H and O–H groups in total. The van der Waals surface area contributed by atoms with Gasteiger partial charge in [-0.2, -0.15) is 0 Å². The fourth-order valence-electron chi connectivity index (χ4n) is 2.43. The molecule has 0 atom stereocenters. The second-order valence-electron chi connectivity index (χ2n) is 4.63. The number of aliphatic imine (C=N–C) groups is 1. The number of rotatable bonds is 1. The topological polar surface area (TPSA) is 102 Å². The Hall–Kier alpha value is -1.59. The maximum atomic E-state index is 11.0. The van der Waals surface area contributed by atoms with Crippen molar-refractivity contribution in [3.05, 3.63) is 0 Å². The molecule has 0 saturated carbocycles. The molecule has 0 bridgehead atoms. The van der Waals surface area contributed by atoms with Gasteiger partial charge < -0.3 is 16.4 Å². The van der Waals surface area contributed by atoms with E-state index in [4.69, 9.17) is 11.5 Å². The summed E-state index contributed by atoms with van der Waals surface area (Å²) in [5, 5.41) is 0. The first-order chi connectivity index (χ1) is 7.52. The minimum Gasteiger partial charge on any atom is -0.365 e. The quantitative estimate of drug-likeness (QED) is 0.625. The Morgan fingerprint density at radius 1 is 1.25 bits per heavy atom. The second kappa shape index (κ2) is 3.77. The average Bonchev–Trinajstić information content (AvgIpc) is 2.63. The van der Waals surface area contributed by atoms with Crippen LogP contribution in [0.15, 0.2) is 4.99 Å². The van der Waals surface area contributed by atoms with E-state index in [-0.39, 0.29) is 11.4 Å². The van der Waals surface area contributed by atoms with E-state index in [0.717, 1.165) is 12.8 Å². The molecule has 1 fully saturated rings. The number of amides is 3. The lowest BCUT2D eigenvalue weighted by atomic mass is 9.76. The molecule has 0 unspecified atom stereocenters. The molecule has 0 aromatic rings. The summed E-state index contributed by atoms with van der Waals surface area (Å²) < 4.78 is 0. The van der Waals surface area contributed by atoms with Crippen LogP contribution in [0, 0.1) is 5.41 Å². The third-order valence-corrected chi connectivity index (χ3v) is 3.57. The minimum atomic E-state index is -0.422. The number of carbonyl (C=O) groups is 2. The number of hydrogen-bond donors (Lipinski definition) is 2. The Morgan fingerprint density at radius 3 is 2.31 bits per heavy atom. The van der Waals surface area contributed by atoms with Gasteiger partial charge in [0.15, 0.2) is 0 Å². The predicted molar refractivity (Wildman–Crippen MR) is 58.9 cm³/mol. The van der Waals surface area contributed by atoms with E-state index in [1.54, 1.807) is 4.90 Å². The normalized spacial score (nSPS) is 23.2. The van der Waals surface area contributed by atoms with Crippen LogP contribution in [0.25, 0.3) is 0 Å². The van der Waals surface area contributed by atoms with Crippen molar-refractivity contribution in [1.29, 1.82) is 0 Å². The molecule has 2 aliphatic heterocycles. The predicted octanol–water partition coefficient (Wildman–Crippen LogP) is -0.523. The molecule has 6 nitrogen and oxygen atoms in total. The van der Waals surface area contributed by atoms with Gasteiger partial charge >= 0.3 is 6.03 Å². The van der Waals surface area contributed by atoms with E-state index in [9.17, 15) is 9.59 Å². The second-order valence-corrected chi connectivity index (χ2v) is 4.63. The lowest BCUT2D eigenvalue weighted by Gasteiger charge is -2.37. The molecular weight excluding hydrogens is 208 g/mol. The Kier molecular flexibility index (Phi) is 2.57. The zero-order valence-corrected chi connectivity index (χ0v) is 9.11. The molecule has 2 aliphatic rings. The van der Waals surface area contributed by atoms with E-state index >= 15 is 0 Å².